The number of nitrogens with zero attached hydrogens (tertiary/aromatic N) is 1. The van der Waals surface area contributed by atoms with Gasteiger partial charge in [0.05, 0.1) is 6.42 Å². The second-order valence-corrected chi connectivity index (χ2v) is 8.25. The zero-order valence-corrected chi connectivity index (χ0v) is 18.8. The molecule has 2 amide bonds. The summed E-state index contributed by atoms with van der Waals surface area (Å²) < 4.78 is 28.8. The molecule has 0 spiro atoms. The van der Waals surface area contributed by atoms with Gasteiger partial charge in [0, 0.05) is 24.6 Å². The monoisotopic (exact) mass is 450 g/mol. The second kappa shape index (κ2) is 11.4. The molecule has 0 aliphatic rings. The Hall–Kier alpha value is -3.54. The number of carbonyl (C=O) groups is 2. The van der Waals surface area contributed by atoms with Crippen molar-refractivity contribution in [1.29, 1.82) is 0 Å². The summed E-state index contributed by atoms with van der Waals surface area (Å²) in [6, 6.07) is 20.5. The average molecular weight is 451 g/mol. The third-order valence-corrected chi connectivity index (χ3v) is 5.30. The van der Waals surface area contributed by atoms with Crippen LogP contribution in [-0.4, -0.2) is 28.8 Å². The Bertz CT molecular complexity index is 1090. The van der Waals surface area contributed by atoms with Crippen molar-refractivity contribution in [3.05, 3.63) is 107 Å². The minimum absolute atomic E-state index is 0.108. The van der Waals surface area contributed by atoms with Crippen molar-refractivity contribution in [1.82, 2.24) is 10.2 Å². The molecule has 1 N–H and O–H groups in total. The number of carbonyl (C=O) groups excluding carboxylic acids is 2. The first-order valence-corrected chi connectivity index (χ1v) is 11.0. The summed E-state index contributed by atoms with van der Waals surface area (Å²) in [6.45, 7) is 3.56. The molecule has 172 valence electrons. The minimum Gasteiger partial charge on any atom is -0.352 e. The third-order valence-electron chi connectivity index (χ3n) is 5.30. The summed E-state index contributed by atoms with van der Waals surface area (Å²) in [5.41, 5.74) is 1.37. The Kier molecular flexibility index (Phi) is 8.30. The molecule has 0 aliphatic carbocycles. The van der Waals surface area contributed by atoms with Gasteiger partial charge in [-0.1, -0.05) is 66.7 Å². The van der Waals surface area contributed by atoms with Crippen LogP contribution in [-0.2, 0) is 29.0 Å². The van der Waals surface area contributed by atoms with E-state index in [-0.39, 0.29) is 42.5 Å². The minimum atomic E-state index is -0.895. The quantitative estimate of drug-likeness (QED) is 0.515. The van der Waals surface area contributed by atoms with Gasteiger partial charge in [0.2, 0.25) is 11.8 Å². The lowest BCUT2D eigenvalue weighted by Crippen LogP contribution is -2.52. The number of hydrogen-bond donors (Lipinski definition) is 1. The van der Waals surface area contributed by atoms with Gasteiger partial charge in [-0.25, -0.2) is 8.78 Å². The number of nitrogens with one attached hydrogen (secondary N) is 1. The maximum atomic E-state index is 14.5. The Morgan fingerprint density at radius 1 is 0.818 bits per heavy atom. The van der Waals surface area contributed by atoms with Gasteiger partial charge in [0.1, 0.15) is 17.7 Å². The fourth-order valence-corrected chi connectivity index (χ4v) is 3.65. The highest BCUT2D eigenvalue weighted by atomic mass is 19.1. The average Bonchev–Trinajstić information content (AvgIpc) is 2.79. The van der Waals surface area contributed by atoms with Crippen LogP contribution in [0.2, 0.25) is 0 Å². The summed E-state index contributed by atoms with van der Waals surface area (Å²) >= 11 is 0. The SMILES string of the molecule is CC(C)NC(=O)C(Cc1ccccc1)N(Cc1ccccc1F)C(=O)Cc1ccccc1F. The molecule has 6 heteroatoms. The van der Waals surface area contributed by atoms with Gasteiger partial charge in [-0.15, -0.1) is 0 Å². The van der Waals surface area contributed by atoms with E-state index >= 15 is 0 Å². The van der Waals surface area contributed by atoms with Crippen LogP contribution < -0.4 is 5.32 Å². The molecule has 0 fully saturated rings. The van der Waals surface area contributed by atoms with Gasteiger partial charge in [-0.3, -0.25) is 9.59 Å². The van der Waals surface area contributed by atoms with Crippen molar-refractivity contribution in [2.45, 2.75) is 45.3 Å². The van der Waals surface area contributed by atoms with E-state index in [4.69, 9.17) is 0 Å². The fraction of sp³-hybridized carbons (Fsp3) is 0.259. The molecular weight excluding hydrogens is 422 g/mol. The van der Waals surface area contributed by atoms with Gasteiger partial charge in [-0.05, 0) is 37.1 Å². The van der Waals surface area contributed by atoms with Crippen molar-refractivity contribution in [3.8, 4) is 0 Å². The summed E-state index contributed by atoms with van der Waals surface area (Å²) in [5, 5.41) is 2.87. The summed E-state index contributed by atoms with van der Waals surface area (Å²) in [5.74, 6) is -1.76. The van der Waals surface area contributed by atoms with Crippen LogP contribution >= 0.6 is 0 Å². The second-order valence-electron chi connectivity index (χ2n) is 8.25. The summed E-state index contributed by atoms with van der Waals surface area (Å²) in [4.78, 5) is 28.0. The zero-order valence-electron chi connectivity index (χ0n) is 18.8. The first-order valence-electron chi connectivity index (χ1n) is 11.0. The molecule has 0 bridgehead atoms. The Morgan fingerprint density at radius 3 is 1.94 bits per heavy atom. The van der Waals surface area contributed by atoms with Crippen LogP contribution in [0.3, 0.4) is 0 Å². The van der Waals surface area contributed by atoms with Gasteiger partial charge in [0.15, 0.2) is 0 Å². The van der Waals surface area contributed by atoms with E-state index in [1.807, 2.05) is 44.2 Å². The summed E-state index contributed by atoms with van der Waals surface area (Å²) in [7, 11) is 0. The predicted molar refractivity (Wildman–Crippen MR) is 124 cm³/mol. The molecule has 0 heterocycles. The van der Waals surface area contributed by atoms with Crippen molar-refractivity contribution in [3.63, 3.8) is 0 Å². The Balaban J connectivity index is 1.99. The molecule has 0 saturated carbocycles. The van der Waals surface area contributed by atoms with Crippen molar-refractivity contribution >= 4 is 11.8 Å². The van der Waals surface area contributed by atoms with E-state index in [0.717, 1.165) is 5.56 Å². The molecule has 3 aromatic rings. The highest BCUT2D eigenvalue weighted by Gasteiger charge is 2.31. The van der Waals surface area contributed by atoms with Gasteiger partial charge < -0.3 is 10.2 Å². The third kappa shape index (κ3) is 6.72. The van der Waals surface area contributed by atoms with E-state index in [1.165, 1.54) is 23.1 Å². The summed E-state index contributed by atoms with van der Waals surface area (Å²) in [6.07, 6.45) is 0.0121. The number of rotatable bonds is 9. The lowest BCUT2D eigenvalue weighted by Gasteiger charge is -2.32. The van der Waals surface area contributed by atoms with Crippen molar-refractivity contribution in [2.75, 3.05) is 0 Å². The lowest BCUT2D eigenvalue weighted by atomic mass is 10.0. The maximum Gasteiger partial charge on any atom is 0.243 e. The molecule has 0 aliphatic heterocycles. The molecular formula is C27H28F2N2O2. The van der Waals surface area contributed by atoms with Crippen LogP contribution in [0.5, 0.6) is 0 Å². The van der Waals surface area contributed by atoms with Gasteiger partial charge in [0.25, 0.3) is 0 Å². The molecule has 4 nitrogen and oxygen atoms in total. The molecule has 0 aromatic heterocycles. The van der Waals surface area contributed by atoms with Crippen LogP contribution in [0.15, 0.2) is 78.9 Å². The van der Waals surface area contributed by atoms with Crippen LogP contribution in [0.1, 0.15) is 30.5 Å². The van der Waals surface area contributed by atoms with E-state index < -0.39 is 23.6 Å². The molecule has 3 aromatic carbocycles. The zero-order chi connectivity index (χ0) is 23.8. The van der Waals surface area contributed by atoms with Crippen molar-refractivity contribution in [2.24, 2.45) is 0 Å². The van der Waals surface area contributed by atoms with E-state index in [0.29, 0.717) is 0 Å². The largest absolute Gasteiger partial charge is 0.352 e. The maximum absolute atomic E-state index is 14.5. The predicted octanol–water partition coefficient (Wildman–Crippen LogP) is 4.67. The van der Waals surface area contributed by atoms with Gasteiger partial charge in [-0.2, -0.15) is 0 Å². The molecule has 1 atom stereocenters. The van der Waals surface area contributed by atoms with Gasteiger partial charge >= 0.3 is 0 Å². The lowest BCUT2D eigenvalue weighted by molar-refractivity contribution is -0.141. The first kappa shape index (κ1) is 24.1. The smallest absolute Gasteiger partial charge is 0.243 e. The fourth-order valence-electron chi connectivity index (χ4n) is 3.65. The Labute approximate surface area is 193 Å². The Morgan fingerprint density at radius 2 is 1.36 bits per heavy atom. The van der Waals surface area contributed by atoms with E-state index in [9.17, 15) is 18.4 Å². The highest BCUT2D eigenvalue weighted by Crippen LogP contribution is 2.19. The first-order chi connectivity index (χ1) is 15.8. The van der Waals surface area contributed by atoms with Crippen molar-refractivity contribution < 1.29 is 18.4 Å². The van der Waals surface area contributed by atoms with E-state index in [1.54, 1.807) is 30.3 Å². The standard InChI is InChI=1S/C27H28F2N2O2/c1-19(2)30-27(33)25(16-20-10-4-3-5-11-20)31(18-22-13-7-9-15-24(22)29)26(32)17-21-12-6-8-14-23(21)28/h3-15,19,25H,16-18H2,1-2H3,(H,30,33). The molecule has 0 saturated heterocycles. The highest BCUT2D eigenvalue weighted by molar-refractivity contribution is 5.89. The van der Waals surface area contributed by atoms with Crippen LogP contribution in [0, 0.1) is 11.6 Å². The van der Waals surface area contributed by atoms with Crippen LogP contribution in [0.4, 0.5) is 8.78 Å². The number of hydrogen-bond acceptors (Lipinski definition) is 2. The molecule has 33 heavy (non-hydrogen) atoms. The van der Waals surface area contributed by atoms with E-state index in [2.05, 4.69) is 5.32 Å². The molecule has 3 rings (SSSR count). The normalized spacial score (nSPS) is 11.8. The van der Waals surface area contributed by atoms with Crippen LogP contribution in [0.25, 0.3) is 0 Å². The topological polar surface area (TPSA) is 49.4 Å². The molecule has 0 radical (unpaired) electrons. The number of halogens is 2. The number of amides is 2. The number of benzene rings is 3. The molecule has 1 unspecified atom stereocenters.